The predicted octanol–water partition coefficient (Wildman–Crippen LogP) is 21.4. The van der Waals surface area contributed by atoms with Crippen LogP contribution in [0.4, 0.5) is 0 Å². The summed E-state index contributed by atoms with van der Waals surface area (Å²) in [6.07, 6.45) is 0. The van der Waals surface area contributed by atoms with Gasteiger partial charge in [0, 0.05) is 50.4 Å². The minimum Gasteiger partial charge on any atom is -0.309 e. The number of para-hydroxylation sites is 20. The molecule has 18 heteroatoms. The normalized spacial score (nSPS) is 12.4. The van der Waals surface area contributed by atoms with Crippen molar-refractivity contribution in [2.45, 2.75) is 0 Å². The first-order chi connectivity index (χ1) is 56.6. The van der Waals surface area contributed by atoms with Crippen LogP contribution in [0.3, 0.4) is 0 Å². The standard InChI is InChI=1S/C96H56N18/c1-10-37-70-59(26-1)60-27-2-11-38-71(60)105(70)74-41-14-5-30-64(74)91-102-88(112-83-50-23-20-47-80(83)108-76-43-16-7-34-66(76)99-94(108)112)56-89(103-91)113-85-53-52-57(54-86(85)110-78-45-18-9-36-68(78)100-95(110)113)58-31-25-32-62-61-28-3-12-39-72(61)106(90(58)62)73-40-13-4-29-63(73)69-55-87(111-82-49-22-19-46-79(82)107-75-42-15-6-33-65(75)98-93(107)111)104-92(97-69)114-84-51-24-21-48-81(84)109-77-44-17-8-35-67(77)101-96(109)114/h1-56H. The SMILES string of the molecule is c1ccc(-n2c3ccccc3c3ccccc32)c(-c2nc(-n3c4ccccc4n4c5ccccc5nc34)cc(-n3c4ccc(-c5cccc6c7ccccc7n(-c7ccccc7-c7cc(-n8c9ccccc9n9c%10ccccc%10nc89)nc(-n8c9ccccc9n9c%10ccccc%10nc89)n7)c56)cc4n4c5ccccc5nc34)n2)c1. The molecule has 530 valence electrons. The average molecular weight is 1460 g/mol. The molecule has 0 saturated heterocycles. The summed E-state index contributed by atoms with van der Waals surface area (Å²) in [5, 5.41) is 4.52. The first-order valence-corrected chi connectivity index (χ1v) is 38.1. The lowest BCUT2D eigenvalue weighted by Crippen LogP contribution is -2.09. The number of fused-ring (bicyclic) bond motifs is 26. The molecule has 18 nitrogen and oxygen atoms in total. The van der Waals surface area contributed by atoms with E-state index < -0.39 is 0 Å². The van der Waals surface area contributed by atoms with E-state index in [0.29, 0.717) is 46.5 Å². The summed E-state index contributed by atoms with van der Waals surface area (Å²) in [5.41, 5.74) is 25.6. The number of aromatic nitrogens is 18. The second-order valence-corrected chi connectivity index (χ2v) is 29.2. The lowest BCUT2D eigenvalue weighted by Gasteiger charge is -2.17. The highest BCUT2D eigenvalue weighted by atomic mass is 15.3. The molecule has 114 heavy (non-hydrogen) atoms. The monoisotopic (exact) mass is 1460 g/mol. The Morgan fingerprint density at radius 1 is 0.193 bits per heavy atom. The molecule has 0 aliphatic rings. The zero-order valence-corrected chi connectivity index (χ0v) is 60.4. The molecule has 0 bridgehead atoms. The third-order valence-electron chi connectivity index (χ3n) is 23.2. The van der Waals surface area contributed by atoms with E-state index in [1.54, 1.807) is 0 Å². The van der Waals surface area contributed by atoms with E-state index in [4.69, 9.17) is 39.9 Å². The maximum absolute atomic E-state index is 5.82. The predicted molar refractivity (Wildman–Crippen MR) is 455 cm³/mol. The molecular formula is C96H56N18. The van der Waals surface area contributed by atoms with Crippen molar-refractivity contribution < 1.29 is 0 Å². The van der Waals surface area contributed by atoms with Crippen LogP contribution in [0.1, 0.15) is 0 Å². The quantitative estimate of drug-likeness (QED) is 0.139. The molecule has 0 fully saturated rings. The molecule has 12 heterocycles. The van der Waals surface area contributed by atoms with E-state index >= 15 is 0 Å². The van der Waals surface area contributed by atoms with E-state index in [1.807, 2.05) is 18.2 Å². The molecule has 0 aliphatic heterocycles. The molecule has 26 rings (SSSR count). The van der Waals surface area contributed by atoms with Gasteiger partial charge in [0.05, 0.1) is 127 Å². The van der Waals surface area contributed by atoms with Crippen LogP contribution in [0.2, 0.25) is 0 Å². The Morgan fingerprint density at radius 3 is 1.05 bits per heavy atom. The van der Waals surface area contributed by atoms with Gasteiger partial charge in [-0.25, -0.2) is 39.5 Å². The van der Waals surface area contributed by atoms with Crippen LogP contribution in [-0.2, 0) is 0 Å². The lowest BCUT2D eigenvalue weighted by molar-refractivity contribution is 0.929. The van der Waals surface area contributed by atoms with Gasteiger partial charge in [0.25, 0.3) is 0 Å². The van der Waals surface area contributed by atoms with Crippen LogP contribution in [-0.4, -0.2) is 84.9 Å². The van der Waals surface area contributed by atoms with Crippen LogP contribution in [0.5, 0.6) is 0 Å². The molecule has 0 unspecified atom stereocenters. The van der Waals surface area contributed by atoms with Crippen LogP contribution in [0, 0.1) is 0 Å². The lowest BCUT2D eigenvalue weighted by atomic mass is 10.0. The van der Waals surface area contributed by atoms with E-state index in [0.717, 1.165) is 177 Å². The Bertz CT molecular complexity index is 8450. The number of rotatable bonds is 9. The van der Waals surface area contributed by atoms with Gasteiger partial charge >= 0.3 is 0 Å². The Labute approximate surface area is 644 Å². The third kappa shape index (κ3) is 8.29. The molecule has 0 N–H and O–H groups in total. The molecule has 0 radical (unpaired) electrons. The average Bonchev–Trinajstić information content (AvgIpc) is 1.55. The third-order valence-corrected chi connectivity index (χ3v) is 23.2. The fourth-order valence-electron chi connectivity index (χ4n) is 18.5. The van der Waals surface area contributed by atoms with Gasteiger partial charge in [0.15, 0.2) is 5.82 Å². The highest BCUT2D eigenvalue weighted by Gasteiger charge is 2.30. The minimum atomic E-state index is 0.452. The highest BCUT2D eigenvalue weighted by molar-refractivity contribution is 6.15. The van der Waals surface area contributed by atoms with Crippen LogP contribution < -0.4 is 0 Å². The van der Waals surface area contributed by atoms with Crippen molar-refractivity contribution in [3.63, 3.8) is 0 Å². The second kappa shape index (κ2) is 22.8. The zero-order chi connectivity index (χ0) is 74.1. The van der Waals surface area contributed by atoms with Gasteiger partial charge in [0.2, 0.25) is 29.1 Å². The summed E-state index contributed by atoms with van der Waals surface area (Å²) < 4.78 is 22.5. The summed E-state index contributed by atoms with van der Waals surface area (Å²) in [5.74, 6) is 5.73. The number of benzene rings is 14. The number of nitrogens with zero attached hydrogens (tertiary/aromatic N) is 18. The molecule has 14 aromatic carbocycles. The van der Waals surface area contributed by atoms with E-state index in [1.165, 1.54) is 0 Å². The summed E-state index contributed by atoms with van der Waals surface area (Å²) in [4.78, 5) is 44.8. The smallest absolute Gasteiger partial charge is 0.239 e. The Kier molecular flexibility index (Phi) is 12.2. The maximum Gasteiger partial charge on any atom is 0.239 e. The summed E-state index contributed by atoms with van der Waals surface area (Å²) in [7, 11) is 0. The molecule has 26 aromatic rings. The van der Waals surface area contributed by atoms with E-state index in [9.17, 15) is 0 Å². The molecule has 0 atom stereocenters. The van der Waals surface area contributed by atoms with Crippen molar-refractivity contribution in [2.24, 2.45) is 0 Å². The first kappa shape index (κ1) is 60.9. The fraction of sp³-hybridized carbons (Fsp3) is 0. The minimum absolute atomic E-state index is 0.452. The first-order valence-electron chi connectivity index (χ1n) is 38.1. The van der Waals surface area contributed by atoms with E-state index in [-0.39, 0.29) is 0 Å². The maximum atomic E-state index is 5.82. The fourth-order valence-corrected chi connectivity index (χ4v) is 18.5. The topological polar surface area (TPSA) is 150 Å². The van der Waals surface area contributed by atoms with Crippen molar-refractivity contribution in [3.05, 3.63) is 340 Å². The Hall–Kier alpha value is -16.1. The van der Waals surface area contributed by atoms with Crippen molar-refractivity contribution in [1.29, 1.82) is 0 Å². The van der Waals surface area contributed by atoms with Gasteiger partial charge in [0.1, 0.15) is 17.5 Å². The molecule has 0 aliphatic carbocycles. The summed E-state index contributed by atoms with van der Waals surface area (Å²) in [6, 6.07) is 120. The van der Waals surface area contributed by atoms with Gasteiger partial charge in [-0.2, -0.15) is 4.98 Å². The Morgan fingerprint density at radius 2 is 0.544 bits per heavy atom. The van der Waals surface area contributed by atoms with Gasteiger partial charge < -0.3 is 9.13 Å². The largest absolute Gasteiger partial charge is 0.309 e. The van der Waals surface area contributed by atoms with E-state index in [2.05, 4.69) is 367 Å². The van der Waals surface area contributed by atoms with Gasteiger partial charge in [-0.1, -0.05) is 194 Å². The molecule has 12 aromatic heterocycles. The summed E-state index contributed by atoms with van der Waals surface area (Å²) in [6.45, 7) is 0. The van der Waals surface area contributed by atoms with Gasteiger partial charge in [-0.3, -0.25) is 31.3 Å². The van der Waals surface area contributed by atoms with Crippen LogP contribution in [0.25, 0.3) is 224 Å². The van der Waals surface area contributed by atoms with Crippen molar-refractivity contribution in [2.75, 3.05) is 0 Å². The van der Waals surface area contributed by atoms with Crippen molar-refractivity contribution >= 4 is 155 Å². The van der Waals surface area contributed by atoms with Crippen LogP contribution in [0.15, 0.2) is 340 Å². The van der Waals surface area contributed by atoms with Crippen molar-refractivity contribution in [1.82, 2.24) is 84.9 Å². The number of hydrogen-bond acceptors (Lipinski definition) is 8. The van der Waals surface area contributed by atoms with Gasteiger partial charge in [-0.15, -0.1) is 0 Å². The molecule has 0 spiro atoms. The molecule has 0 saturated carbocycles. The van der Waals surface area contributed by atoms with Crippen molar-refractivity contribution in [3.8, 4) is 68.5 Å². The van der Waals surface area contributed by atoms with Crippen LogP contribution >= 0.6 is 0 Å². The van der Waals surface area contributed by atoms with Gasteiger partial charge in [-0.05, 0) is 139 Å². The number of hydrogen-bond donors (Lipinski definition) is 0. The summed E-state index contributed by atoms with van der Waals surface area (Å²) >= 11 is 0. The highest BCUT2D eigenvalue weighted by Crippen LogP contribution is 2.45. The second-order valence-electron chi connectivity index (χ2n) is 29.2. The Balaban J connectivity index is 0.712. The number of imidazole rings is 8. The molecular weight excluding hydrogens is 1410 g/mol. The molecule has 0 amide bonds. The zero-order valence-electron chi connectivity index (χ0n) is 60.4.